The standard InChI is InChI=1S/C13H15FO4/c14-9-4-5-11(18-7-8-2-1-3-8)10(6-9)12(15)13(16)17/h4-6,8,12,15H,1-3,7H2,(H,16,17). The van der Waals surface area contributed by atoms with Crippen molar-refractivity contribution in [3.8, 4) is 5.75 Å². The van der Waals surface area contributed by atoms with Gasteiger partial charge >= 0.3 is 5.97 Å². The molecule has 0 saturated heterocycles. The van der Waals surface area contributed by atoms with Gasteiger partial charge in [0, 0.05) is 5.56 Å². The van der Waals surface area contributed by atoms with Crippen LogP contribution in [0.5, 0.6) is 5.75 Å². The van der Waals surface area contributed by atoms with Crippen LogP contribution >= 0.6 is 0 Å². The Morgan fingerprint density at radius 3 is 2.78 bits per heavy atom. The largest absolute Gasteiger partial charge is 0.493 e. The number of hydrogen-bond acceptors (Lipinski definition) is 3. The number of carboxylic acids is 1. The molecule has 0 aromatic heterocycles. The Morgan fingerprint density at radius 2 is 2.22 bits per heavy atom. The minimum absolute atomic E-state index is 0.0400. The summed E-state index contributed by atoms with van der Waals surface area (Å²) in [7, 11) is 0. The molecule has 1 fully saturated rings. The number of benzene rings is 1. The van der Waals surface area contributed by atoms with E-state index in [1.54, 1.807) is 0 Å². The quantitative estimate of drug-likeness (QED) is 0.844. The highest BCUT2D eigenvalue weighted by atomic mass is 19.1. The van der Waals surface area contributed by atoms with Gasteiger partial charge in [-0.25, -0.2) is 9.18 Å². The minimum atomic E-state index is -1.77. The SMILES string of the molecule is O=C(O)C(O)c1cc(F)ccc1OCC1CCC1. The van der Waals surface area contributed by atoms with Gasteiger partial charge < -0.3 is 14.9 Å². The number of hydrogen-bond donors (Lipinski definition) is 2. The zero-order valence-electron chi connectivity index (χ0n) is 9.80. The fourth-order valence-electron chi connectivity index (χ4n) is 1.86. The average molecular weight is 254 g/mol. The summed E-state index contributed by atoms with van der Waals surface area (Å²) in [4.78, 5) is 10.7. The second kappa shape index (κ2) is 5.35. The third kappa shape index (κ3) is 2.79. The summed E-state index contributed by atoms with van der Waals surface area (Å²) < 4.78 is 18.6. The topological polar surface area (TPSA) is 66.8 Å². The van der Waals surface area contributed by atoms with Gasteiger partial charge in [-0.3, -0.25) is 0 Å². The molecule has 18 heavy (non-hydrogen) atoms. The van der Waals surface area contributed by atoms with Crippen molar-refractivity contribution < 1.29 is 24.1 Å². The summed E-state index contributed by atoms with van der Waals surface area (Å²) in [6.45, 7) is 0.477. The van der Waals surface area contributed by atoms with Gasteiger partial charge in [0.05, 0.1) is 6.61 Å². The van der Waals surface area contributed by atoms with Gasteiger partial charge in [0.2, 0.25) is 0 Å². The average Bonchev–Trinajstić information content (AvgIpc) is 2.27. The highest BCUT2D eigenvalue weighted by Crippen LogP contribution is 2.30. The van der Waals surface area contributed by atoms with Gasteiger partial charge in [-0.15, -0.1) is 0 Å². The van der Waals surface area contributed by atoms with Crippen LogP contribution in [0.25, 0.3) is 0 Å². The summed E-state index contributed by atoms with van der Waals surface area (Å²) in [5, 5.41) is 18.3. The molecule has 1 saturated carbocycles. The smallest absolute Gasteiger partial charge is 0.337 e. The molecule has 4 nitrogen and oxygen atoms in total. The second-order valence-electron chi connectivity index (χ2n) is 4.53. The normalized spacial score (nSPS) is 17.0. The van der Waals surface area contributed by atoms with E-state index in [0.29, 0.717) is 12.5 Å². The Labute approximate surface area is 104 Å². The van der Waals surface area contributed by atoms with Crippen LogP contribution in [-0.2, 0) is 4.79 Å². The third-order valence-corrected chi connectivity index (χ3v) is 3.20. The van der Waals surface area contributed by atoms with Crippen molar-refractivity contribution in [2.45, 2.75) is 25.4 Å². The van der Waals surface area contributed by atoms with Crippen molar-refractivity contribution in [1.82, 2.24) is 0 Å². The maximum Gasteiger partial charge on any atom is 0.337 e. The molecule has 0 aliphatic heterocycles. The van der Waals surface area contributed by atoms with Crippen LogP contribution in [0.2, 0.25) is 0 Å². The number of ether oxygens (including phenoxy) is 1. The number of aliphatic hydroxyl groups excluding tert-OH is 1. The lowest BCUT2D eigenvalue weighted by Crippen LogP contribution is -2.20. The Bertz CT molecular complexity index is 443. The molecule has 2 rings (SSSR count). The molecule has 1 aliphatic carbocycles. The van der Waals surface area contributed by atoms with Gasteiger partial charge in [0.1, 0.15) is 11.6 Å². The van der Waals surface area contributed by atoms with E-state index in [2.05, 4.69) is 0 Å². The Morgan fingerprint density at radius 1 is 1.50 bits per heavy atom. The van der Waals surface area contributed by atoms with Crippen molar-refractivity contribution >= 4 is 5.97 Å². The van der Waals surface area contributed by atoms with Gasteiger partial charge in [-0.1, -0.05) is 6.42 Å². The number of halogens is 1. The van der Waals surface area contributed by atoms with E-state index in [0.717, 1.165) is 18.9 Å². The molecule has 98 valence electrons. The molecule has 0 spiro atoms. The molecule has 5 heteroatoms. The first-order valence-electron chi connectivity index (χ1n) is 5.91. The Kier molecular flexibility index (Phi) is 3.81. The molecule has 0 radical (unpaired) electrons. The van der Waals surface area contributed by atoms with Crippen LogP contribution in [0.4, 0.5) is 4.39 Å². The van der Waals surface area contributed by atoms with Crippen molar-refractivity contribution in [2.75, 3.05) is 6.61 Å². The lowest BCUT2D eigenvalue weighted by molar-refractivity contribution is -0.147. The zero-order valence-corrected chi connectivity index (χ0v) is 9.80. The molecule has 0 bridgehead atoms. The number of aliphatic carboxylic acids is 1. The molecular formula is C13H15FO4. The molecule has 0 amide bonds. The van der Waals surface area contributed by atoms with E-state index in [9.17, 15) is 14.3 Å². The molecule has 1 aromatic rings. The lowest BCUT2D eigenvalue weighted by atomic mass is 9.86. The van der Waals surface area contributed by atoms with Gasteiger partial charge in [-0.05, 0) is 37.0 Å². The third-order valence-electron chi connectivity index (χ3n) is 3.20. The van der Waals surface area contributed by atoms with Crippen LogP contribution < -0.4 is 4.74 Å². The van der Waals surface area contributed by atoms with E-state index in [4.69, 9.17) is 9.84 Å². The fraction of sp³-hybridized carbons (Fsp3) is 0.462. The first kappa shape index (κ1) is 12.8. The van der Waals surface area contributed by atoms with Crippen LogP contribution in [0.1, 0.15) is 30.9 Å². The van der Waals surface area contributed by atoms with Crippen LogP contribution in [0.3, 0.4) is 0 Å². The summed E-state index contributed by atoms with van der Waals surface area (Å²) in [6, 6.07) is 3.54. The molecule has 1 aromatic carbocycles. The summed E-state index contributed by atoms with van der Waals surface area (Å²) >= 11 is 0. The lowest BCUT2D eigenvalue weighted by Gasteiger charge is -2.26. The molecule has 2 N–H and O–H groups in total. The van der Waals surface area contributed by atoms with Crippen LogP contribution in [-0.4, -0.2) is 22.8 Å². The van der Waals surface area contributed by atoms with Crippen molar-refractivity contribution in [3.63, 3.8) is 0 Å². The number of rotatable bonds is 5. The van der Waals surface area contributed by atoms with Gasteiger partial charge in [0.25, 0.3) is 0 Å². The van der Waals surface area contributed by atoms with Crippen molar-refractivity contribution in [3.05, 3.63) is 29.6 Å². The van der Waals surface area contributed by atoms with E-state index in [-0.39, 0.29) is 11.3 Å². The summed E-state index contributed by atoms with van der Waals surface area (Å²) in [5.41, 5.74) is -0.0400. The predicted octanol–water partition coefficient (Wildman–Crippen LogP) is 2.12. The molecule has 1 atom stereocenters. The number of carboxylic acid groups (broad SMARTS) is 1. The summed E-state index contributed by atoms with van der Waals surface area (Å²) in [5.74, 6) is -1.31. The molecule has 1 aliphatic rings. The van der Waals surface area contributed by atoms with E-state index in [1.807, 2.05) is 0 Å². The Hall–Kier alpha value is -1.62. The van der Waals surface area contributed by atoms with E-state index < -0.39 is 17.9 Å². The maximum atomic E-state index is 13.1. The highest BCUT2D eigenvalue weighted by Gasteiger charge is 2.23. The van der Waals surface area contributed by atoms with E-state index >= 15 is 0 Å². The number of carbonyl (C=O) groups is 1. The van der Waals surface area contributed by atoms with Gasteiger partial charge in [-0.2, -0.15) is 0 Å². The minimum Gasteiger partial charge on any atom is -0.493 e. The fourth-order valence-corrected chi connectivity index (χ4v) is 1.86. The maximum absolute atomic E-state index is 13.1. The van der Waals surface area contributed by atoms with Crippen LogP contribution in [0, 0.1) is 11.7 Å². The van der Waals surface area contributed by atoms with Crippen molar-refractivity contribution in [2.24, 2.45) is 5.92 Å². The predicted molar refractivity (Wildman–Crippen MR) is 61.8 cm³/mol. The first-order valence-corrected chi connectivity index (χ1v) is 5.91. The van der Waals surface area contributed by atoms with E-state index in [1.165, 1.54) is 18.6 Å². The highest BCUT2D eigenvalue weighted by molar-refractivity contribution is 5.75. The molecular weight excluding hydrogens is 239 g/mol. The van der Waals surface area contributed by atoms with Crippen molar-refractivity contribution in [1.29, 1.82) is 0 Å². The van der Waals surface area contributed by atoms with Gasteiger partial charge in [0.15, 0.2) is 6.10 Å². The first-order chi connectivity index (χ1) is 8.58. The molecule has 1 unspecified atom stereocenters. The van der Waals surface area contributed by atoms with Crippen LogP contribution in [0.15, 0.2) is 18.2 Å². The Balaban J connectivity index is 2.13. The summed E-state index contributed by atoms with van der Waals surface area (Å²) in [6.07, 6.45) is 1.61. The monoisotopic (exact) mass is 254 g/mol. The molecule has 0 heterocycles. The number of aliphatic hydroxyl groups is 1. The zero-order chi connectivity index (χ0) is 13.1. The second-order valence-corrected chi connectivity index (χ2v) is 4.53.